The van der Waals surface area contributed by atoms with Crippen LogP contribution in [0.4, 0.5) is 0 Å². The average molecular weight is 387 g/mol. The fraction of sp³-hybridized carbons (Fsp3) is 0.200. The molecule has 1 aliphatic carbocycles. The minimum absolute atomic E-state index is 0.0955. The zero-order valence-electron chi connectivity index (χ0n) is 11.0. The van der Waals surface area contributed by atoms with Crippen LogP contribution in [0.25, 0.3) is 0 Å². The van der Waals surface area contributed by atoms with Crippen LogP contribution in [0.15, 0.2) is 51.8 Å². The molecule has 0 fully saturated rings. The van der Waals surface area contributed by atoms with E-state index in [2.05, 4.69) is 20.7 Å². The van der Waals surface area contributed by atoms with Gasteiger partial charge in [-0.15, -0.1) is 0 Å². The number of fused-ring (bicyclic) bond motifs is 1. The van der Waals surface area contributed by atoms with Gasteiger partial charge in [0.05, 0.1) is 9.92 Å². The largest absolute Gasteiger partial charge is 0.240 e. The quantitative estimate of drug-likeness (QED) is 0.877. The van der Waals surface area contributed by atoms with Crippen molar-refractivity contribution in [3.05, 3.63) is 63.1 Å². The molecule has 110 valence electrons. The Labute approximate surface area is 137 Å². The van der Waals surface area contributed by atoms with Crippen LogP contribution in [-0.2, 0) is 22.9 Å². The predicted molar refractivity (Wildman–Crippen MR) is 87.1 cm³/mol. The predicted octanol–water partition coefficient (Wildman–Crippen LogP) is 3.55. The highest BCUT2D eigenvalue weighted by Gasteiger charge is 2.26. The molecule has 0 unspecified atom stereocenters. The third-order valence-electron chi connectivity index (χ3n) is 3.57. The lowest BCUT2D eigenvalue weighted by atomic mass is 10.1. The SMILES string of the molecule is O=S(=O)(NC1Cc2ccccc2C1)c1ccc(Cl)c(Br)c1. The van der Waals surface area contributed by atoms with Crippen LogP contribution in [0.1, 0.15) is 11.1 Å². The van der Waals surface area contributed by atoms with E-state index in [1.807, 2.05) is 24.3 Å². The van der Waals surface area contributed by atoms with E-state index in [-0.39, 0.29) is 10.9 Å². The van der Waals surface area contributed by atoms with Crippen molar-refractivity contribution in [3.8, 4) is 0 Å². The standard InChI is InChI=1S/C15H13BrClNO2S/c16-14-9-13(5-6-15(14)17)21(19,20)18-12-7-10-3-1-2-4-11(10)8-12/h1-6,9,12,18H,7-8H2. The second-order valence-electron chi connectivity index (χ2n) is 5.07. The van der Waals surface area contributed by atoms with Crippen LogP contribution in [0, 0.1) is 0 Å². The van der Waals surface area contributed by atoms with Gasteiger partial charge in [-0.1, -0.05) is 35.9 Å². The highest BCUT2D eigenvalue weighted by Crippen LogP contribution is 2.27. The molecule has 0 radical (unpaired) electrons. The third-order valence-corrected chi connectivity index (χ3v) is 6.31. The van der Waals surface area contributed by atoms with E-state index >= 15 is 0 Å². The molecule has 0 bridgehead atoms. The number of rotatable bonds is 3. The van der Waals surface area contributed by atoms with Crippen molar-refractivity contribution in [2.45, 2.75) is 23.8 Å². The molecule has 0 heterocycles. The second kappa shape index (κ2) is 5.72. The van der Waals surface area contributed by atoms with Gasteiger partial charge in [0.25, 0.3) is 0 Å². The smallest absolute Gasteiger partial charge is 0.207 e. The van der Waals surface area contributed by atoms with Crippen molar-refractivity contribution in [1.29, 1.82) is 0 Å². The maximum Gasteiger partial charge on any atom is 0.240 e. The van der Waals surface area contributed by atoms with E-state index in [4.69, 9.17) is 11.6 Å². The van der Waals surface area contributed by atoms with Crippen LogP contribution in [-0.4, -0.2) is 14.5 Å². The first-order valence-corrected chi connectivity index (χ1v) is 9.15. The molecular formula is C15H13BrClNO2S. The van der Waals surface area contributed by atoms with Gasteiger partial charge in [0, 0.05) is 10.5 Å². The van der Waals surface area contributed by atoms with Gasteiger partial charge < -0.3 is 0 Å². The van der Waals surface area contributed by atoms with E-state index in [1.165, 1.54) is 23.3 Å². The van der Waals surface area contributed by atoms with Crippen LogP contribution in [0.5, 0.6) is 0 Å². The Morgan fingerprint density at radius 2 is 1.71 bits per heavy atom. The fourth-order valence-corrected chi connectivity index (χ4v) is 4.48. The summed E-state index contributed by atoms with van der Waals surface area (Å²) in [6.45, 7) is 0. The lowest BCUT2D eigenvalue weighted by molar-refractivity contribution is 0.555. The molecule has 0 aliphatic heterocycles. The number of halogens is 2. The van der Waals surface area contributed by atoms with Gasteiger partial charge in [0.2, 0.25) is 10.0 Å². The summed E-state index contributed by atoms with van der Waals surface area (Å²) in [6.07, 6.45) is 1.45. The van der Waals surface area contributed by atoms with Gasteiger partial charge in [0.1, 0.15) is 0 Å². The van der Waals surface area contributed by atoms with Gasteiger partial charge in [-0.2, -0.15) is 0 Å². The lowest BCUT2D eigenvalue weighted by Gasteiger charge is -2.13. The summed E-state index contributed by atoms with van der Waals surface area (Å²) < 4.78 is 28.2. The van der Waals surface area contributed by atoms with Gasteiger partial charge in [-0.05, 0) is 58.1 Å². The Bertz CT molecular complexity index is 767. The Kier molecular flexibility index (Phi) is 4.10. The summed E-state index contributed by atoms with van der Waals surface area (Å²) in [6, 6.07) is 12.6. The summed E-state index contributed by atoms with van der Waals surface area (Å²) in [7, 11) is -3.54. The van der Waals surface area contributed by atoms with Gasteiger partial charge in [0.15, 0.2) is 0 Å². The summed E-state index contributed by atoms with van der Waals surface area (Å²) in [4.78, 5) is 0.217. The monoisotopic (exact) mass is 385 g/mol. The molecule has 0 saturated heterocycles. The lowest BCUT2D eigenvalue weighted by Crippen LogP contribution is -2.35. The van der Waals surface area contributed by atoms with Crippen LogP contribution < -0.4 is 4.72 Å². The molecule has 0 aromatic heterocycles. The summed E-state index contributed by atoms with van der Waals surface area (Å²) >= 11 is 9.15. The molecule has 6 heteroatoms. The highest BCUT2D eigenvalue weighted by molar-refractivity contribution is 9.10. The van der Waals surface area contributed by atoms with Crippen molar-refractivity contribution in [3.63, 3.8) is 0 Å². The summed E-state index contributed by atoms with van der Waals surface area (Å²) in [5.41, 5.74) is 2.42. The molecule has 1 aliphatic rings. The Morgan fingerprint density at radius 1 is 1.10 bits per heavy atom. The Morgan fingerprint density at radius 3 is 2.29 bits per heavy atom. The molecule has 2 aromatic rings. The molecule has 0 amide bonds. The molecule has 3 nitrogen and oxygen atoms in total. The van der Waals surface area contributed by atoms with Crippen molar-refractivity contribution >= 4 is 37.6 Å². The Hall–Kier alpha value is -0.880. The number of sulfonamides is 1. The normalized spacial score (nSPS) is 15.1. The highest BCUT2D eigenvalue weighted by atomic mass is 79.9. The molecule has 0 atom stereocenters. The van der Waals surface area contributed by atoms with Crippen LogP contribution >= 0.6 is 27.5 Å². The maximum absolute atomic E-state index is 12.4. The summed E-state index contributed by atoms with van der Waals surface area (Å²) in [5, 5.41) is 0.488. The van der Waals surface area contributed by atoms with Gasteiger partial charge >= 0.3 is 0 Å². The minimum atomic E-state index is -3.54. The fourth-order valence-electron chi connectivity index (χ4n) is 2.57. The van der Waals surface area contributed by atoms with E-state index in [1.54, 1.807) is 6.07 Å². The van der Waals surface area contributed by atoms with E-state index in [0.29, 0.717) is 9.50 Å². The molecule has 0 spiro atoms. The number of hydrogen-bond acceptors (Lipinski definition) is 2. The maximum atomic E-state index is 12.4. The van der Waals surface area contributed by atoms with Crippen molar-refractivity contribution in [1.82, 2.24) is 4.72 Å². The van der Waals surface area contributed by atoms with E-state index < -0.39 is 10.0 Å². The topological polar surface area (TPSA) is 46.2 Å². The first-order chi connectivity index (χ1) is 9.95. The van der Waals surface area contributed by atoms with E-state index in [0.717, 1.165) is 12.8 Å². The number of hydrogen-bond donors (Lipinski definition) is 1. The van der Waals surface area contributed by atoms with Crippen LogP contribution in [0.2, 0.25) is 5.02 Å². The number of nitrogens with one attached hydrogen (secondary N) is 1. The summed E-state index contributed by atoms with van der Waals surface area (Å²) in [5.74, 6) is 0. The molecular weight excluding hydrogens is 374 g/mol. The van der Waals surface area contributed by atoms with Crippen LogP contribution in [0.3, 0.4) is 0 Å². The third kappa shape index (κ3) is 3.16. The second-order valence-corrected chi connectivity index (χ2v) is 8.05. The molecule has 3 rings (SSSR count). The number of benzene rings is 2. The first-order valence-electron chi connectivity index (χ1n) is 6.50. The zero-order valence-corrected chi connectivity index (χ0v) is 14.2. The minimum Gasteiger partial charge on any atom is -0.207 e. The molecule has 2 aromatic carbocycles. The van der Waals surface area contributed by atoms with Crippen molar-refractivity contribution < 1.29 is 8.42 Å². The molecule has 0 saturated carbocycles. The zero-order chi connectivity index (χ0) is 15.0. The molecule has 21 heavy (non-hydrogen) atoms. The molecule has 1 N–H and O–H groups in total. The average Bonchev–Trinajstić information content (AvgIpc) is 2.82. The van der Waals surface area contributed by atoms with E-state index in [9.17, 15) is 8.42 Å². The Balaban J connectivity index is 1.80. The van der Waals surface area contributed by atoms with Crippen molar-refractivity contribution in [2.24, 2.45) is 0 Å². The van der Waals surface area contributed by atoms with Gasteiger partial charge in [-0.3, -0.25) is 0 Å². The van der Waals surface area contributed by atoms with Crippen molar-refractivity contribution in [2.75, 3.05) is 0 Å². The van der Waals surface area contributed by atoms with Gasteiger partial charge in [-0.25, -0.2) is 13.1 Å². The first kappa shape index (κ1) is 15.0.